The summed E-state index contributed by atoms with van der Waals surface area (Å²) in [5.41, 5.74) is 10.0. The molecule has 0 bridgehead atoms. The number of anilines is 1. The van der Waals surface area contributed by atoms with Crippen LogP contribution in [-0.4, -0.2) is 4.98 Å². The second-order valence-electron chi connectivity index (χ2n) is 4.93. The number of nitrogens with two attached hydrogens (primary N) is 1. The first-order valence-corrected chi connectivity index (χ1v) is 7.41. The lowest BCUT2D eigenvalue weighted by Crippen LogP contribution is -1.95. The minimum absolute atomic E-state index is 0.683. The molecule has 1 fully saturated rings. The van der Waals surface area contributed by atoms with Crippen LogP contribution in [-0.2, 0) is 12.8 Å². The van der Waals surface area contributed by atoms with Crippen molar-refractivity contribution >= 4 is 16.5 Å². The number of aromatic nitrogens is 1. The van der Waals surface area contributed by atoms with Gasteiger partial charge < -0.3 is 5.73 Å². The molecule has 94 valence electrons. The molecule has 2 nitrogen and oxygen atoms in total. The number of hydrogen-bond acceptors (Lipinski definition) is 3. The topological polar surface area (TPSA) is 38.9 Å². The number of aryl methyl sites for hydroxylation is 1. The van der Waals surface area contributed by atoms with Gasteiger partial charge in [0.15, 0.2) is 5.13 Å². The fraction of sp³-hybridized carbons (Fsp3) is 0.400. The molecule has 1 heterocycles. The number of thiazole rings is 1. The SMILES string of the molecule is CCc1ccccc1Cc1sc(N)nc1C1CC1. The van der Waals surface area contributed by atoms with E-state index in [4.69, 9.17) is 5.73 Å². The minimum atomic E-state index is 0.683. The molecule has 0 unspecified atom stereocenters. The lowest BCUT2D eigenvalue weighted by molar-refractivity contribution is 0.997. The third-order valence-corrected chi connectivity index (χ3v) is 4.46. The zero-order valence-electron chi connectivity index (χ0n) is 10.6. The van der Waals surface area contributed by atoms with Crippen LogP contribution in [0, 0.1) is 0 Å². The minimum Gasteiger partial charge on any atom is -0.375 e. The molecule has 2 N–H and O–H groups in total. The van der Waals surface area contributed by atoms with Gasteiger partial charge in [0.05, 0.1) is 5.69 Å². The molecule has 3 rings (SSSR count). The molecule has 1 aliphatic carbocycles. The maximum absolute atomic E-state index is 5.88. The molecule has 2 aromatic rings. The third-order valence-electron chi connectivity index (χ3n) is 3.56. The zero-order valence-corrected chi connectivity index (χ0v) is 11.5. The Hall–Kier alpha value is -1.35. The molecule has 0 spiro atoms. The predicted octanol–water partition coefficient (Wildman–Crippen LogP) is 3.76. The van der Waals surface area contributed by atoms with Crippen LogP contribution in [0.25, 0.3) is 0 Å². The Balaban J connectivity index is 1.91. The smallest absolute Gasteiger partial charge is 0.180 e. The molecular formula is C15H18N2S. The van der Waals surface area contributed by atoms with Crippen molar-refractivity contribution in [3.8, 4) is 0 Å². The number of rotatable bonds is 4. The summed E-state index contributed by atoms with van der Waals surface area (Å²) in [5.74, 6) is 0.683. The molecule has 1 aromatic heterocycles. The van der Waals surface area contributed by atoms with Crippen LogP contribution >= 0.6 is 11.3 Å². The highest BCUT2D eigenvalue weighted by Gasteiger charge is 2.29. The van der Waals surface area contributed by atoms with E-state index >= 15 is 0 Å². The van der Waals surface area contributed by atoms with Crippen molar-refractivity contribution in [2.75, 3.05) is 5.73 Å². The summed E-state index contributed by atoms with van der Waals surface area (Å²) in [4.78, 5) is 5.89. The highest BCUT2D eigenvalue weighted by atomic mass is 32.1. The summed E-state index contributed by atoms with van der Waals surface area (Å²) in [6.45, 7) is 2.21. The zero-order chi connectivity index (χ0) is 12.5. The third kappa shape index (κ3) is 2.27. The normalized spacial score (nSPS) is 14.9. The van der Waals surface area contributed by atoms with Gasteiger partial charge in [-0.1, -0.05) is 31.2 Å². The van der Waals surface area contributed by atoms with E-state index in [1.807, 2.05) is 0 Å². The van der Waals surface area contributed by atoms with Crippen LogP contribution < -0.4 is 5.73 Å². The Labute approximate surface area is 112 Å². The highest BCUT2D eigenvalue weighted by molar-refractivity contribution is 7.15. The van der Waals surface area contributed by atoms with Gasteiger partial charge in [-0.2, -0.15) is 0 Å². The van der Waals surface area contributed by atoms with Crippen molar-refractivity contribution in [3.63, 3.8) is 0 Å². The van der Waals surface area contributed by atoms with Crippen LogP contribution in [0.3, 0.4) is 0 Å². The molecule has 0 saturated heterocycles. The Bertz CT molecular complexity index is 555. The predicted molar refractivity (Wildman–Crippen MR) is 77.1 cm³/mol. The van der Waals surface area contributed by atoms with Crippen LogP contribution in [0.2, 0.25) is 0 Å². The molecule has 18 heavy (non-hydrogen) atoms. The second kappa shape index (κ2) is 4.73. The van der Waals surface area contributed by atoms with Gasteiger partial charge in [-0.25, -0.2) is 4.98 Å². The van der Waals surface area contributed by atoms with Crippen LogP contribution in [0.15, 0.2) is 24.3 Å². The Kier molecular flexibility index (Phi) is 3.08. The summed E-state index contributed by atoms with van der Waals surface area (Å²) < 4.78 is 0. The van der Waals surface area contributed by atoms with Gasteiger partial charge in [0, 0.05) is 17.2 Å². The average molecular weight is 258 g/mol. The van der Waals surface area contributed by atoms with Gasteiger partial charge >= 0.3 is 0 Å². The fourth-order valence-electron chi connectivity index (χ4n) is 2.43. The second-order valence-corrected chi connectivity index (χ2v) is 6.05. The standard InChI is InChI=1S/C15H18N2S/c1-2-10-5-3-4-6-12(10)9-13-14(11-7-8-11)17-15(16)18-13/h3-6,11H,2,7-9H2,1H3,(H2,16,17). The lowest BCUT2D eigenvalue weighted by atomic mass is 10.0. The fourth-order valence-corrected chi connectivity index (χ4v) is 3.37. The maximum atomic E-state index is 5.88. The first-order chi connectivity index (χ1) is 8.78. The first kappa shape index (κ1) is 11.7. The average Bonchev–Trinajstić information content (AvgIpc) is 3.15. The monoisotopic (exact) mass is 258 g/mol. The van der Waals surface area contributed by atoms with E-state index in [0.29, 0.717) is 5.92 Å². The first-order valence-electron chi connectivity index (χ1n) is 6.59. The van der Waals surface area contributed by atoms with E-state index in [0.717, 1.165) is 18.0 Å². The van der Waals surface area contributed by atoms with Crippen LogP contribution in [0.5, 0.6) is 0 Å². The molecule has 1 aromatic carbocycles. The molecule has 0 aliphatic heterocycles. The van der Waals surface area contributed by atoms with E-state index in [-0.39, 0.29) is 0 Å². The van der Waals surface area contributed by atoms with Crippen molar-refractivity contribution in [1.29, 1.82) is 0 Å². The molecule has 0 atom stereocenters. The summed E-state index contributed by atoms with van der Waals surface area (Å²) in [5, 5.41) is 0.723. The molecule has 0 radical (unpaired) electrons. The van der Waals surface area contributed by atoms with Crippen molar-refractivity contribution in [1.82, 2.24) is 4.98 Å². The van der Waals surface area contributed by atoms with Crippen molar-refractivity contribution in [3.05, 3.63) is 46.0 Å². The van der Waals surface area contributed by atoms with Gasteiger partial charge in [-0.3, -0.25) is 0 Å². The van der Waals surface area contributed by atoms with Crippen molar-refractivity contribution in [2.45, 2.75) is 38.5 Å². The molecule has 1 aliphatic rings. The summed E-state index contributed by atoms with van der Waals surface area (Å²) in [7, 11) is 0. The van der Waals surface area contributed by atoms with E-state index in [1.165, 1.54) is 34.5 Å². The van der Waals surface area contributed by atoms with Gasteiger partial charge in [-0.05, 0) is 30.4 Å². The Morgan fingerprint density at radius 2 is 2.00 bits per heavy atom. The highest BCUT2D eigenvalue weighted by Crippen LogP contribution is 2.43. The number of nitrogens with zero attached hydrogens (tertiary/aromatic N) is 1. The molecule has 3 heteroatoms. The number of benzene rings is 1. The Morgan fingerprint density at radius 3 is 2.67 bits per heavy atom. The molecular weight excluding hydrogens is 240 g/mol. The van der Waals surface area contributed by atoms with Crippen LogP contribution in [0.1, 0.15) is 47.4 Å². The van der Waals surface area contributed by atoms with Crippen molar-refractivity contribution < 1.29 is 0 Å². The summed E-state index contributed by atoms with van der Waals surface area (Å²) in [6, 6.07) is 8.68. The van der Waals surface area contributed by atoms with Crippen LogP contribution in [0.4, 0.5) is 5.13 Å². The summed E-state index contributed by atoms with van der Waals surface area (Å²) in [6.07, 6.45) is 4.64. The summed E-state index contributed by atoms with van der Waals surface area (Å²) >= 11 is 1.66. The van der Waals surface area contributed by atoms with E-state index < -0.39 is 0 Å². The van der Waals surface area contributed by atoms with E-state index in [2.05, 4.69) is 36.2 Å². The quantitative estimate of drug-likeness (QED) is 0.907. The number of hydrogen-bond donors (Lipinski definition) is 1. The maximum Gasteiger partial charge on any atom is 0.180 e. The molecule has 0 amide bonds. The van der Waals surface area contributed by atoms with E-state index in [9.17, 15) is 0 Å². The van der Waals surface area contributed by atoms with Gasteiger partial charge in [0.25, 0.3) is 0 Å². The van der Waals surface area contributed by atoms with E-state index in [1.54, 1.807) is 11.3 Å². The van der Waals surface area contributed by atoms with Gasteiger partial charge in [0.1, 0.15) is 0 Å². The largest absolute Gasteiger partial charge is 0.375 e. The van der Waals surface area contributed by atoms with Gasteiger partial charge in [0.2, 0.25) is 0 Å². The Morgan fingerprint density at radius 1 is 1.28 bits per heavy atom. The van der Waals surface area contributed by atoms with Crippen molar-refractivity contribution in [2.24, 2.45) is 0 Å². The number of nitrogen functional groups attached to an aromatic ring is 1. The lowest BCUT2D eigenvalue weighted by Gasteiger charge is -2.07. The molecule has 1 saturated carbocycles. The van der Waals surface area contributed by atoms with Gasteiger partial charge in [-0.15, -0.1) is 11.3 Å².